The van der Waals surface area contributed by atoms with Gasteiger partial charge in [0.1, 0.15) is 11.8 Å². The second kappa shape index (κ2) is 6.18. The third-order valence-corrected chi connectivity index (χ3v) is 3.48. The first-order valence-electron chi connectivity index (χ1n) is 5.98. The van der Waals surface area contributed by atoms with Gasteiger partial charge in [0.25, 0.3) is 0 Å². The van der Waals surface area contributed by atoms with Gasteiger partial charge in [-0.2, -0.15) is 5.26 Å². The highest BCUT2D eigenvalue weighted by molar-refractivity contribution is 7.98. The van der Waals surface area contributed by atoms with E-state index in [2.05, 4.69) is 17.9 Å². The third kappa shape index (κ3) is 2.49. The van der Waals surface area contributed by atoms with Crippen LogP contribution in [0.25, 0.3) is 5.52 Å². The van der Waals surface area contributed by atoms with Crippen LogP contribution in [0.4, 0.5) is 0 Å². The number of rotatable bonds is 2. The van der Waals surface area contributed by atoms with Gasteiger partial charge in [0.15, 0.2) is 0 Å². The number of carbonyl (C=O) groups is 1. The Labute approximate surface area is 121 Å². The van der Waals surface area contributed by atoms with Crippen LogP contribution in [0.5, 0.6) is 0 Å². The van der Waals surface area contributed by atoms with Crippen molar-refractivity contribution in [3.63, 3.8) is 0 Å². The molecule has 0 bridgehead atoms. The molecule has 0 amide bonds. The summed E-state index contributed by atoms with van der Waals surface area (Å²) in [7, 11) is 0. The predicted molar refractivity (Wildman–Crippen MR) is 77.4 cm³/mol. The second-order valence-electron chi connectivity index (χ2n) is 3.80. The Morgan fingerprint density at radius 3 is 2.95 bits per heavy atom. The second-order valence-corrected chi connectivity index (χ2v) is 4.61. The number of nitrogens with zero attached hydrogens (tertiary/aromatic N) is 2. The summed E-state index contributed by atoms with van der Waals surface area (Å²) in [6, 6.07) is 7.77. The largest absolute Gasteiger partial charge is 0.456 e. The summed E-state index contributed by atoms with van der Waals surface area (Å²) in [5, 5.41) is 9.31. The van der Waals surface area contributed by atoms with Crippen molar-refractivity contribution in [2.75, 3.05) is 12.9 Å². The van der Waals surface area contributed by atoms with Gasteiger partial charge in [-0.15, -0.1) is 11.8 Å². The summed E-state index contributed by atoms with van der Waals surface area (Å²) in [6.45, 7) is 2.02. The first kappa shape index (κ1) is 14.0. The van der Waals surface area contributed by atoms with Crippen LogP contribution < -0.4 is 0 Å². The number of esters is 1. The van der Waals surface area contributed by atoms with Crippen molar-refractivity contribution in [3.05, 3.63) is 35.7 Å². The first-order chi connectivity index (χ1) is 9.72. The zero-order chi connectivity index (χ0) is 14.5. The molecule has 0 saturated heterocycles. The Hall–Kier alpha value is -2.37. The van der Waals surface area contributed by atoms with E-state index in [1.807, 2.05) is 35.1 Å². The molecular weight excluding hydrogens is 272 g/mol. The average molecular weight is 284 g/mol. The molecule has 2 aromatic rings. The van der Waals surface area contributed by atoms with Crippen LogP contribution in [-0.4, -0.2) is 23.2 Å². The van der Waals surface area contributed by atoms with Gasteiger partial charge in [-0.25, -0.2) is 4.79 Å². The fraction of sp³-hybridized carbons (Fsp3) is 0.200. The Balaban J connectivity index is 2.63. The maximum absolute atomic E-state index is 11.4. The molecule has 0 aliphatic rings. The van der Waals surface area contributed by atoms with Gasteiger partial charge in [-0.1, -0.05) is 6.07 Å². The van der Waals surface area contributed by atoms with Gasteiger partial charge >= 0.3 is 5.97 Å². The molecule has 0 aromatic carbocycles. The minimum absolute atomic E-state index is 0.293. The number of carbonyl (C=O) groups excluding carboxylic acids is 1. The summed E-state index contributed by atoms with van der Waals surface area (Å²) in [5.74, 6) is 4.70. The Morgan fingerprint density at radius 2 is 2.30 bits per heavy atom. The topological polar surface area (TPSA) is 54.5 Å². The van der Waals surface area contributed by atoms with Gasteiger partial charge in [0, 0.05) is 12.1 Å². The lowest BCUT2D eigenvalue weighted by Gasteiger charge is -1.96. The molecule has 0 atom stereocenters. The Kier molecular flexibility index (Phi) is 4.34. The minimum Gasteiger partial charge on any atom is -0.456 e. The van der Waals surface area contributed by atoms with Crippen LogP contribution in [-0.2, 0) is 9.53 Å². The number of nitriles is 1. The van der Waals surface area contributed by atoms with E-state index in [4.69, 9.17) is 4.74 Å². The minimum atomic E-state index is -0.566. The quantitative estimate of drug-likeness (QED) is 0.483. The Morgan fingerprint density at radius 1 is 1.50 bits per heavy atom. The number of pyridine rings is 1. The number of hydrogen-bond donors (Lipinski definition) is 0. The highest BCUT2D eigenvalue weighted by Crippen LogP contribution is 2.30. The number of hydrogen-bond acceptors (Lipinski definition) is 4. The number of aromatic nitrogens is 1. The van der Waals surface area contributed by atoms with Gasteiger partial charge in [0.2, 0.25) is 0 Å². The van der Waals surface area contributed by atoms with E-state index >= 15 is 0 Å². The maximum atomic E-state index is 11.4. The highest BCUT2D eigenvalue weighted by Gasteiger charge is 2.15. The molecule has 0 fully saturated rings. The third-order valence-electron chi connectivity index (χ3n) is 2.67. The van der Waals surface area contributed by atoms with Gasteiger partial charge < -0.3 is 9.14 Å². The number of fused-ring (bicyclic) bond motifs is 1. The van der Waals surface area contributed by atoms with Gasteiger partial charge in [-0.3, -0.25) is 0 Å². The smallest absolute Gasteiger partial charge is 0.384 e. The summed E-state index contributed by atoms with van der Waals surface area (Å²) >= 11 is 1.44. The van der Waals surface area contributed by atoms with E-state index in [1.165, 1.54) is 11.8 Å². The lowest BCUT2D eigenvalue weighted by Crippen LogP contribution is -2.00. The molecule has 0 saturated carbocycles. The molecule has 0 spiro atoms. The van der Waals surface area contributed by atoms with Crippen molar-refractivity contribution >= 4 is 23.2 Å². The van der Waals surface area contributed by atoms with Crippen molar-refractivity contribution in [2.24, 2.45) is 0 Å². The number of thioether (sulfide) groups is 1. The lowest BCUT2D eigenvalue weighted by atomic mass is 10.2. The normalized spacial score (nSPS) is 9.65. The molecule has 2 heterocycles. The highest BCUT2D eigenvalue weighted by atomic mass is 32.2. The summed E-state index contributed by atoms with van der Waals surface area (Å²) < 4.78 is 6.60. The molecule has 0 unspecified atom stereocenters. The Bertz CT molecular complexity index is 760. The molecule has 0 aliphatic heterocycles. The molecule has 100 valence electrons. The van der Waals surface area contributed by atoms with Crippen LogP contribution in [0, 0.1) is 23.2 Å². The van der Waals surface area contributed by atoms with E-state index < -0.39 is 5.97 Å². The zero-order valence-corrected chi connectivity index (χ0v) is 12.0. The number of ether oxygens (including phenoxy) is 1. The van der Waals surface area contributed by atoms with Crippen LogP contribution in [0.15, 0.2) is 29.3 Å². The van der Waals surface area contributed by atoms with E-state index in [0.29, 0.717) is 17.9 Å². The van der Waals surface area contributed by atoms with Crippen molar-refractivity contribution in [1.29, 1.82) is 5.26 Å². The van der Waals surface area contributed by atoms with Crippen LogP contribution in [0.3, 0.4) is 0 Å². The first-order valence-corrected chi connectivity index (χ1v) is 7.21. The fourth-order valence-electron chi connectivity index (χ4n) is 1.89. The van der Waals surface area contributed by atoms with E-state index in [1.54, 1.807) is 6.92 Å². The van der Waals surface area contributed by atoms with E-state index in [-0.39, 0.29) is 0 Å². The van der Waals surface area contributed by atoms with Crippen molar-refractivity contribution in [3.8, 4) is 17.9 Å². The van der Waals surface area contributed by atoms with Gasteiger partial charge in [0.05, 0.1) is 22.6 Å². The molecule has 0 N–H and O–H groups in total. The molecule has 0 radical (unpaired) electrons. The van der Waals surface area contributed by atoms with E-state index in [9.17, 15) is 10.1 Å². The maximum Gasteiger partial charge on any atom is 0.384 e. The van der Waals surface area contributed by atoms with Crippen molar-refractivity contribution in [2.45, 2.75) is 11.8 Å². The molecular formula is C15H12N2O2S. The lowest BCUT2D eigenvalue weighted by molar-refractivity contribution is -0.136. The summed E-state index contributed by atoms with van der Waals surface area (Å²) in [5.41, 5.74) is 2.00. The monoisotopic (exact) mass is 284 g/mol. The summed E-state index contributed by atoms with van der Waals surface area (Å²) in [6.07, 6.45) is 3.70. The fourth-order valence-corrected chi connectivity index (χ4v) is 2.58. The standard InChI is InChI=1S/C15H12N2O2S/c1-3-19-14(18)8-7-13-15(20-2)11(10-16)12-6-4-5-9-17(12)13/h4-6,9H,3H2,1-2H3. The van der Waals surface area contributed by atoms with Gasteiger partial charge in [-0.05, 0) is 31.2 Å². The average Bonchev–Trinajstić information content (AvgIpc) is 2.78. The van der Waals surface area contributed by atoms with Crippen molar-refractivity contribution < 1.29 is 9.53 Å². The SMILES string of the molecule is CCOC(=O)C#Cc1c(SC)c(C#N)c2ccccn12. The molecule has 20 heavy (non-hydrogen) atoms. The van der Waals surface area contributed by atoms with Crippen LogP contribution in [0.2, 0.25) is 0 Å². The zero-order valence-electron chi connectivity index (χ0n) is 11.1. The summed E-state index contributed by atoms with van der Waals surface area (Å²) in [4.78, 5) is 12.1. The van der Waals surface area contributed by atoms with E-state index in [0.717, 1.165) is 10.4 Å². The molecule has 2 rings (SSSR count). The van der Waals surface area contributed by atoms with Crippen molar-refractivity contribution in [1.82, 2.24) is 4.40 Å². The molecule has 4 nitrogen and oxygen atoms in total. The predicted octanol–water partition coefficient (Wildman–Crippen LogP) is 2.45. The van der Waals surface area contributed by atoms with Crippen LogP contribution >= 0.6 is 11.8 Å². The van der Waals surface area contributed by atoms with Crippen LogP contribution in [0.1, 0.15) is 18.2 Å². The molecule has 5 heteroatoms. The molecule has 2 aromatic heterocycles. The molecule has 0 aliphatic carbocycles.